The maximum Gasteiger partial charge on any atom is 0.280 e. The van der Waals surface area contributed by atoms with Crippen molar-refractivity contribution < 1.29 is 15.0 Å². The highest BCUT2D eigenvalue weighted by atomic mass is 16.3. The molecule has 0 bridgehead atoms. The molecule has 0 atom stereocenters. The molecule has 3 rings (SSSR count). The SMILES string of the molecule is C/C(=N/NC(=O)c1ccc(O)cc1O)c1c(C)[nH]n(-c2ccccc2)c1=O. The topological polar surface area (TPSA) is 120 Å². The average Bonchev–Trinajstić information content (AvgIpc) is 2.94. The van der Waals surface area contributed by atoms with Crippen LogP contribution >= 0.6 is 0 Å². The number of rotatable bonds is 4. The number of H-pyrrole nitrogens is 1. The normalized spacial score (nSPS) is 11.4. The minimum absolute atomic E-state index is 0.0446. The summed E-state index contributed by atoms with van der Waals surface area (Å²) >= 11 is 0. The Morgan fingerprint density at radius 2 is 1.85 bits per heavy atom. The number of phenolic OH excluding ortho intramolecular Hbond substituents is 2. The van der Waals surface area contributed by atoms with Crippen LogP contribution in [-0.4, -0.2) is 31.6 Å². The number of aromatic nitrogens is 2. The molecule has 0 saturated heterocycles. The summed E-state index contributed by atoms with van der Waals surface area (Å²) in [4.78, 5) is 24.9. The number of benzene rings is 2. The van der Waals surface area contributed by atoms with Gasteiger partial charge in [0.25, 0.3) is 11.5 Å². The standard InChI is InChI=1S/C19H18N4O4/c1-11(20-21-18(26)15-9-8-14(24)10-16(15)25)17-12(2)22-23(19(17)27)13-6-4-3-5-7-13/h3-10,22,24-25H,1-2H3,(H,21,26)/b20-11-. The molecule has 138 valence electrons. The lowest BCUT2D eigenvalue weighted by atomic mass is 10.2. The summed E-state index contributed by atoms with van der Waals surface area (Å²) in [5.74, 6) is -1.19. The van der Waals surface area contributed by atoms with Crippen molar-refractivity contribution in [2.75, 3.05) is 0 Å². The van der Waals surface area contributed by atoms with Crippen LogP contribution < -0.4 is 11.0 Å². The Morgan fingerprint density at radius 1 is 1.15 bits per heavy atom. The Kier molecular flexibility index (Phi) is 4.80. The highest BCUT2D eigenvalue weighted by molar-refractivity contribution is 6.02. The molecular weight excluding hydrogens is 348 g/mol. The Hall–Kier alpha value is -3.81. The molecule has 27 heavy (non-hydrogen) atoms. The van der Waals surface area contributed by atoms with Crippen LogP contribution in [0.4, 0.5) is 0 Å². The van der Waals surface area contributed by atoms with Crippen molar-refractivity contribution >= 4 is 11.6 Å². The number of nitrogens with one attached hydrogen (secondary N) is 2. The maximum atomic E-state index is 12.7. The summed E-state index contributed by atoms with van der Waals surface area (Å²) in [5, 5.41) is 26.0. The van der Waals surface area contributed by atoms with Gasteiger partial charge >= 0.3 is 0 Å². The van der Waals surface area contributed by atoms with Crippen molar-refractivity contribution in [3.05, 3.63) is 75.7 Å². The third-order valence-electron chi connectivity index (χ3n) is 4.00. The van der Waals surface area contributed by atoms with Gasteiger partial charge < -0.3 is 10.2 Å². The number of phenols is 2. The molecule has 0 saturated carbocycles. The molecular formula is C19H18N4O4. The summed E-state index contributed by atoms with van der Waals surface area (Å²) < 4.78 is 1.40. The first-order chi connectivity index (χ1) is 12.9. The first kappa shape index (κ1) is 18.0. The van der Waals surface area contributed by atoms with E-state index in [4.69, 9.17) is 0 Å². The molecule has 1 heterocycles. The van der Waals surface area contributed by atoms with Gasteiger partial charge in [-0.15, -0.1) is 0 Å². The average molecular weight is 366 g/mol. The molecule has 0 aliphatic heterocycles. The number of aromatic hydroxyl groups is 2. The van der Waals surface area contributed by atoms with Crippen LogP contribution in [0.15, 0.2) is 58.4 Å². The van der Waals surface area contributed by atoms with Crippen molar-refractivity contribution in [1.29, 1.82) is 0 Å². The van der Waals surface area contributed by atoms with Crippen molar-refractivity contribution in [3.63, 3.8) is 0 Å². The number of aromatic amines is 1. The number of para-hydroxylation sites is 1. The predicted octanol–water partition coefficient (Wildman–Crippen LogP) is 2.04. The highest BCUT2D eigenvalue weighted by Crippen LogP contribution is 2.22. The molecule has 0 aliphatic carbocycles. The second-order valence-corrected chi connectivity index (χ2v) is 5.93. The number of carbonyl (C=O) groups is 1. The van der Waals surface area contributed by atoms with Gasteiger partial charge in [-0.05, 0) is 38.1 Å². The Morgan fingerprint density at radius 3 is 2.52 bits per heavy atom. The van der Waals surface area contributed by atoms with Crippen molar-refractivity contribution in [1.82, 2.24) is 15.2 Å². The van der Waals surface area contributed by atoms with Crippen molar-refractivity contribution in [2.45, 2.75) is 13.8 Å². The lowest BCUT2D eigenvalue weighted by Crippen LogP contribution is -2.23. The van der Waals surface area contributed by atoms with Gasteiger partial charge in [0.05, 0.1) is 22.5 Å². The van der Waals surface area contributed by atoms with E-state index in [-0.39, 0.29) is 22.6 Å². The molecule has 0 spiro atoms. The third-order valence-corrected chi connectivity index (χ3v) is 4.00. The second-order valence-electron chi connectivity index (χ2n) is 5.93. The van der Waals surface area contributed by atoms with Crippen molar-refractivity contribution in [3.8, 4) is 17.2 Å². The van der Waals surface area contributed by atoms with Crippen LogP contribution in [0.2, 0.25) is 0 Å². The third kappa shape index (κ3) is 3.59. The Labute approximate surface area is 154 Å². The summed E-state index contributed by atoms with van der Waals surface area (Å²) in [7, 11) is 0. The van der Waals surface area contributed by atoms with Gasteiger partial charge in [0.15, 0.2) is 0 Å². The zero-order chi connectivity index (χ0) is 19.6. The number of hydrogen-bond donors (Lipinski definition) is 4. The summed E-state index contributed by atoms with van der Waals surface area (Å²) in [6.45, 7) is 3.34. The van der Waals surface area contributed by atoms with E-state index < -0.39 is 5.91 Å². The molecule has 3 aromatic rings. The fraction of sp³-hybridized carbons (Fsp3) is 0.105. The quantitative estimate of drug-likeness (QED) is 0.417. The van der Waals surface area contributed by atoms with Crippen LogP contribution in [0.1, 0.15) is 28.5 Å². The van der Waals surface area contributed by atoms with Gasteiger partial charge in [0.1, 0.15) is 11.5 Å². The van der Waals surface area contributed by atoms with E-state index in [9.17, 15) is 19.8 Å². The van der Waals surface area contributed by atoms with E-state index in [2.05, 4.69) is 15.6 Å². The van der Waals surface area contributed by atoms with Crippen LogP contribution in [0.25, 0.3) is 5.69 Å². The Balaban J connectivity index is 1.88. The summed E-state index contributed by atoms with van der Waals surface area (Å²) in [6.07, 6.45) is 0. The molecule has 1 amide bonds. The molecule has 1 aromatic heterocycles. The predicted molar refractivity (Wildman–Crippen MR) is 101 cm³/mol. The summed E-state index contributed by atoms with van der Waals surface area (Å²) in [6, 6.07) is 12.7. The maximum absolute atomic E-state index is 12.7. The second kappa shape index (κ2) is 7.20. The monoisotopic (exact) mass is 366 g/mol. The molecule has 2 aromatic carbocycles. The zero-order valence-corrected chi connectivity index (χ0v) is 14.7. The number of hydrazone groups is 1. The van der Waals surface area contributed by atoms with Crippen LogP contribution in [0.5, 0.6) is 11.5 Å². The number of aryl methyl sites for hydroxylation is 1. The van der Waals surface area contributed by atoms with Gasteiger partial charge in [-0.25, -0.2) is 10.1 Å². The molecule has 0 unspecified atom stereocenters. The minimum Gasteiger partial charge on any atom is -0.508 e. The van der Waals surface area contributed by atoms with Gasteiger partial charge in [0.2, 0.25) is 0 Å². The van der Waals surface area contributed by atoms with Crippen molar-refractivity contribution in [2.24, 2.45) is 5.10 Å². The van der Waals surface area contributed by atoms with E-state index in [1.807, 2.05) is 18.2 Å². The number of carbonyl (C=O) groups excluding carboxylic acids is 1. The zero-order valence-electron chi connectivity index (χ0n) is 14.7. The smallest absolute Gasteiger partial charge is 0.280 e. The molecule has 8 nitrogen and oxygen atoms in total. The molecule has 0 fully saturated rings. The first-order valence-corrected chi connectivity index (χ1v) is 8.12. The van der Waals surface area contributed by atoms with E-state index >= 15 is 0 Å². The van der Waals surface area contributed by atoms with Gasteiger partial charge in [-0.3, -0.25) is 14.7 Å². The van der Waals surface area contributed by atoms with Gasteiger partial charge in [-0.1, -0.05) is 18.2 Å². The first-order valence-electron chi connectivity index (χ1n) is 8.12. The fourth-order valence-corrected chi connectivity index (χ4v) is 2.69. The molecule has 0 aliphatic rings. The van der Waals surface area contributed by atoms with Crippen LogP contribution in [0, 0.1) is 6.92 Å². The van der Waals surface area contributed by atoms with E-state index in [1.165, 1.54) is 16.8 Å². The summed E-state index contributed by atoms with van der Waals surface area (Å²) in [5.41, 5.74) is 3.91. The molecule has 4 N–H and O–H groups in total. The number of amides is 1. The number of nitrogens with zero attached hydrogens (tertiary/aromatic N) is 2. The van der Waals surface area contributed by atoms with Gasteiger partial charge in [0, 0.05) is 11.8 Å². The van der Waals surface area contributed by atoms with E-state index in [0.29, 0.717) is 22.7 Å². The molecule has 8 heteroatoms. The van der Waals surface area contributed by atoms with E-state index in [1.54, 1.807) is 26.0 Å². The van der Waals surface area contributed by atoms with Crippen LogP contribution in [0.3, 0.4) is 0 Å². The largest absolute Gasteiger partial charge is 0.508 e. The van der Waals surface area contributed by atoms with Crippen LogP contribution in [-0.2, 0) is 0 Å². The molecule has 0 radical (unpaired) electrons. The lowest BCUT2D eigenvalue weighted by Gasteiger charge is -2.04. The van der Waals surface area contributed by atoms with E-state index in [0.717, 1.165) is 6.07 Å². The lowest BCUT2D eigenvalue weighted by molar-refractivity contribution is 0.0952. The minimum atomic E-state index is -0.663. The van der Waals surface area contributed by atoms with Gasteiger partial charge in [-0.2, -0.15) is 5.10 Å². The Bertz CT molecular complexity index is 1080. The number of hydrogen-bond acceptors (Lipinski definition) is 5. The fourth-order valence-electron chi connectivity index (χ4n) is 2.69. The highest BCUT2D eigenvalue weighted by Gasteiger charge is 2.16.